The molecule has 1 fully saturated rings. The summed E-state index contributed by atoms with van der Waals surface area (Å²) in [6, 6.07) is 0. The monoisotopic (exact) mass is 275 g/mol. The minimum atomic E-state index is 0.296. The molecule has 1 aromatic heterocycles. The van der Waals surface area contributed by atoms with E-state index in [4.69, 9.17) is 9.26 Å². The van der Waals surface area contributed by atoms with Crippen LogP contribution in [0.5, 0.6) is 0 Å². The predicted molar refractivity (Wildman–Crippen MR) is 76.1 cm³/mol. The summed E-state index contributed by atoms with van der Waals surface area (Å²) in [7, 11) is 0. The lowest BCUT2D eigenvalue weighted by Crippen LogP contribution is -2.45. The second kappa shape index (κ2) is 5.89. The fraction of sp³-hybridized carbons (Fsp3) is 0.600. The van der Waals surface area contributed by atoms with Crippen LogP contribution in [0.25, 0.3) is 5.57 Å². The van der Waals surface area contributed by atoms with Crippen molar-refractivity contribution in [1.29, 1.82) is 0 Å². The van der Waals surface area contributed by atoms with E-state index in [2.05, 4.69) is 40.2 Å². The molecule has 1 aliphatic carbocycles. The number of rotatable bonds is 3. The Balaban J connectivity index is 1.63. The molecule has 3 rings (SSSR count). The van der Waals surface area contributed by atoms with Gasteiger partial charge in [-0.05, 0) is 13.0 Å². The maximum atomic E-state index is 5.92. The summed E-state index contributed by atoms with van der Waals surface area (Å²) in [5.41, 5.74) is 1.04. The fourth-order valence-corrected chi connectivity index (χ4v) is 2.77. The lowest BCUT2D eigenvalue weighted by atomic mass is 9.90. The van der Waals surface area contributed by atoms with Gasteiger partial charge in [-0.25, -0.2) is 0 Å². The summed E-state index contributed by atoms with van der Waals surface area (Å²) in [4.78, 5) is 6.71. The molecule has 5 heteroatoms. The number of likely N-dealkylation sites (N-methyl/N-ethyl adjacent to an activating group) is 1. The first-order valence-electron chi connectivity index (χ1n) is 7.29. The third kappa shape index (κ3) is 2.83. The molecular formula is C15H21N3O2. The van der Waals surface area contributed by atoms with Gasteiger partial charge in [0.1, 0.15) is 0 Å². The van der Waals surface area contributed by atoms with Gasteiger partial charge in [-0.1, -0.05) is 30.3 Å². The van der Waals surface area contributed by atoms with Crippen LogP contribution in [0.3, 0.4) is 0 Å². The van der Waals surface area contributed by atoms with Crippen LogP contribution in [0, 0.1) is 12.8 Å². The molecule has 0 bridgehead atoms. The summed E-state index contributed by atoms with van der Waals surface area (Å²) in [6.07, 6.45) is 7.77. The van der Waals surface area contributed by atoms with Crippen molar-refractivity contribution in [3.63, 3.8) is 0 Å². The minimum Gasteiger partial charge on any atom is -0.375 e. The third-order valence-corrected chi connectivity index (χ3v) is 4.02. The Bertz CT molecular complexity index is 521. The van der Waals surface area contributed by atoms with Crippen LogP contribution < -0.4 is 0 Å². The van der Waals surface area contributed by atoms with E-state index in [0.717, 1.165) is 38.2 Å². The zero-order chi connectivity index (χ0) is 13.9. The highest BCUT2D eigenvalue weighted by atomic mass is 16.5. The van der Waals surface area contributed by atoms with Gasteiger partial charge >= 0.3 is 0 Å². The second-order valence-electron chi connectivity index (χ2n) is 5.36. The summed E-state index contributed by atoms with van der Waals surface area (Å²) < 4.78 is 10.9. The molecule has 20 heavy (non-hydrogen) atoms. The highest BCUT2D eigenvalue weighted by Gasteiger charge is 2.27. The summed E-state index contributed by atoms with van der Waals surface area (Å²) in [5.74, 6) is 1.73. The summed E-state index contributed by atoms with van der Waals surface area (Å²) in [6.45, 7) is 8.02. The SMILES string of the molecule is CCN1CCOC(C2C=CC(c3noc(C)n3)=CC2)C1. The minimum absolute atomic E-state index is 0.296. The topological polar surface area (TPSA) is 51.4 Å². The zero-order valence-electron chi connectivity index (χ0n) is 12.1. The van der Waals surface area contributed by atoms with Crippen molar-refractivity contribution >= 4 is 5.57 Å². The Morgan fingerprint density at radius 2 is 2.35 bits per heavy atom. The molecule has 0 aromatic carbocycles. The largest absolute Gasteiger partial charge is 0.375 e. The maximum Gasteiger partial charge on any atom is 0.223 e. The molecule has 0 N–H and O–H groups in total. The fourth-order valence-electron chi connectivity index (χ4n) is 2.77. The van der Waals surface area contributed by atoms with Gasteiger partial charge in [-0.2, -0.15) is 4.98 Å². The molecular weight excluding hydrogens is 254 g/mol. The van der Waals surface area contributed by atoms with Gasteiger partial charge in [0.2, 0.25) is 11.7 Å². The molecule has 108 valence electrons. The zero-order valence-corrected chi connectivity index (χ0v) is 12.1. The first kappa shape index (κ1) is 13.5. The molecule has 5 nitrogen and oxygen atoms in total. The number of allylic oxidation sites excluding steroid dienone is 3. The number of morpholine rings is 1. The van der Waals surface area contributed by atoms with Gasteiger partial charge in [0, 0.05) is 31.5 Å². The van der Waals surface area contributed by atoms with Crippen molar-refractivity contribution < 1.29 is 9.26 Å². The van der Waals surface area contributed by atoms with Crippen LogP contribution in [-0.2, 0) is 4.74 Å². The van der Waals surface area contributed by atoms with Crippen molar-refractivity contribution in [3.05, 3.63) is 29.9 Å². The Morgan fingerprint density at radius 3 is 3.00 bits per heavy atom. The summed E-state index contributed by atoms with van der Waals surface area (Å²) >= 11 is 0. The summed E-state index contributed by atoms with van der Waals surface area (Å²) in [5, 5.41) is 3.96. The van der Waals surface area contributed by atoms with Crippen molar-refractivity contribution in [2.75, 3.05) is 26.2 Å². The van der Waals surface area contributed by atoms with Crippen LogP contribution in [-0.4, -0.2) is 47.4 Å². The normalized spacial score (nSPS) is 27.6. The number of aryl methyl sites for hydroxylation is 1. The lowest BCUT2D eigenvalue weighted by molar-refractivity contribution is -0.0461. The van der Waals surface area contributed by atoms with E-state index < -0.39 is 0 Å². The van der Waals surface area contributed by atoms with Crippen LogP contribution in [0.4, 0.5) is 0 Å². The Hall–Kier alpha value is -1.46. The highest BCUT2D eigenvalue weighted by molar-refractivity contribution is 5.70. The smallest absolute Gasteiger partial charge is 0.223 e. The number of hydrogen-bond donors (Lipinski definition) is 0. The third-order valence-electron chi connectivity index (χ3n) is 4.02. The van der Waals surface area contributed by atoms with E-state index in [9.17, 15) is 0 Å². The van der Waals surface area contributed by atoms with Gasteiger partial charge in [0.05, 0.1) is 12.7 Å². The van der Waals surface area contributed by atoms with E-state index in [0.29, 0.717) is 23.7 Å². The van der Waals surface area contributed by atoms with Crippen LogP contribution in [0.15, 0.2) is 22.8 Å². The molecule has 1 saturated heterocycles. The van der Waals surface area contributed by atoms with E-state index in [1.807, 2.05) is 6.92 Å². The molecule has 0 saturated carbocycles. The molecule has 2 unspecified atom stereocenters. The van der Waals surface area contributed by atoms with Crippen LogP contribution in [0.1, 0.15) is 25.1 Å². The Morgan fingerprint density at radius 1 is 1.45 bits per heavy atom. The first-order valence-corrected chi connectivity index (χ1v) is 7.29. The standard InChI is InChI=1S/C15H21N3O2/c1-3-18-8-9-19-14(10-18)12-4-6-13(7-5-12)15-16-11(2)20-17-15/h4,6-7,12,14H,3,5,8-10H2,1-2H3. The molecule has 0 amide bonds. The average molecular weight is 275 g/mol. The first-order chi connectivity index (χ1) is 9.76. The van der Waals surface area contributed by atoms with Gasteiger partial charge in [-0.15, -0.1) is 0 Å². The number of ether oxygens (including phenoxy) is 1. The number of nitrogens with zero attached hydrogens (tertiary/aromatic N) is 3. The van der Waals surface area contributed by atoms with E-state index in [1.54, 1.807) is 0 Å². The Labute approximate surface area is 119 Å². The second-order valence-corrected chi connectivity index (χ2v) is 5.36. The lowest BCUT2D eigenvalue weighted by Gasteiger charge is -2.36. The quantitative estimate of drug-likeness (QED) is 0.845. The van der Waals surface area contributed by atoms with Gasteiger partial charge < -0.3 is 9.26 Å². The predicted octanol–water partition coefficient (Wildman–Crippen LogP) is 2.06. The van der Waals surface area contributed by atoms with E-state index in [1.165, 1.54) is 0 Å². The van der Waals surface area contributed by atoms with Gasteiger partial charge in [-0.3, -0.25) is 4.90 Å². The van der Waals surface area contributed by atoms with Crippen molar-refractivity contribution in [3.8, 4) is 0 Å². The molecule has 0 radical (unpaired) electrons. The highest BCUT2D eigenvalue weighted by Crippen LogP contribution is 2.27. The maximum absolute atomic E-state index is 5.92. The van der Waals surface area contributed by atoms with Gasteiger partial charge in [0.15, 0.2) is 0 Å². The average Bonchev–Trinajstić information content (AvgIpc) is 2.94. The van der Waals surface area contributed by atoms with Crippen molar-refractivity contribution in [2.24, 2.45) is 5.92 Å². The number of hydrogen-bond acceptors (Lipinski definition) is 5. The van der Waals surface area contributed by atoms with Crippen molar-refractivity contribution in [2.45, 2.75) is 26.4 Å². The molecule has 1 aliphatic heterocycles. The van der Waals surface area contributed by atoms with Crippen LogP contribution in [0.2, 0.25) is 0 Å². The van der Waals surface area contributed by atoms with E-state index in [-0.39, 0.29) is 0 Å². The van der Waals surface area contributed by atoms with Crippen LogP contribution >= 0.6 is 0 Å². The number of aromatic nitrogens is 2. The van der Waals surface area contributed by atoms with E-state index >= 15 is 0 Å². The molecule has 2 atom stereocenters. The van der Waals surface area contributed by atoms with Gasteiger partial charge in [0.25, 0.3) is 0 Å². The molecule has 2 aliphatic rings. The molecule has 2 heterocycles. The van der Waals surface area contributed by atoms with Crippen molar-refractivity contribution in [1.82, 2.24) is 15.0 Å². The Kier molecular flexibility index (Phi) is 3.98. The molecule has 1 aromatic rings. The molecule has 0 spiro atoms.